The Bertz CT molecular complexity index is 887. The van der Waals surface area contributed by atoms with Crippen molar-refractivity contribution in [2.24, 2.45) is 0 Å². The third kappa shape index (κ3) is 4.54. The topological polar surface area (TPSA) is 86.6 Å². The number of pyridine rings is 1. The number of piperazine rings is 1. The minimum absolute atomic E-state index is 0.118. The van der Waals surface area contributed by atoms with Crippen LogP contribution in [0.3, 0.4) is 0 Å². The maximum Gasteiger partial charge on any atom is 0.311 e. The first kappa shape index (κ1) is 19.7. The number of hydrogen-bond donors (Lipinski definition) is 2. The number of thioether (sulfide) groups is 1. The predicted octanol–water partition coefficient (Wildman–Crippen LogP) is 2.84. The summed E-state index contributed by atoms with van der Waals surface area (Å²) in [4.78, 5) is 19.5. The molecule has 4 rings (SSSR count). The number of hydrogen-bond acceptors (Lipinski definition) is 8. The molecule has 3 heterocycles. The highest BCUT2D eigenvalue weighted by Gasteiger charge is 2.21. The molecule has 1 aromatic heterocycles. The second-order valence-electron chi connectivity index (χ2n) is 6.92. The third-order valence-electron chi connectivity index (χ3n) is 5.06. The van der Waals surface area contributed by atoms with E-state index in [-0.39, 0.29) is 17.3 Å². The summed E-state index contributed by atoms with van der Waals surface area (Å²) in [6.07, 6.45) is 0. The molecule has 29 heavy (non-hydrogen) atoms. The zero-order valence-corrected chi connectivity index (χ0v) is 16.8. The van der Waals surface area contributed by atoms with Crippen LogP contribution in [0.5, 0.6) is 0 Å². The zero-order chi connectivity index (χ0) is 20.2. The van der Waals surface area contributed by atoms with Gasteiger partial charge in [0.1, 0.15) is 11.6 Å². The number of nitrogens with one attached hydrogen (secondary N) is 2. The van der Waals surface area contributed by atoms with Crippen molar-refractivity contribution in [3.8, 4) is 0 Å². The molecule has 2 N–H and O–H groups in total. The van der Waals surface area contributed by atoms with Crippen molar-refractivity contribution in [3.05, 3.63) is 46.3 Å². The van der Waals surface area contributed by atoms with Gasteiger partial charge in [-0.25, -0.2) is 9.37 Å². The number of rotatable bonds is 5. The molecule has 0 atom stereocenters. The zero-order valence-electron chi connectivity index (χ0n) is 15.9. The van der Waals surface area contributed by atoms with Gasteiger partial charge in [-0.1, -0.05) is 0 Å². The van der Waals surface area contributed by atoms with E-state index >= 15 is 0 Å². The predicted molar refractivity (Wildman–Crippen MR) is 115 cm³/mol. The number of benzene rings is 1. The van der Waals surface area contributed by atoms with E-state index in [1.54, 1.807) is 18.2 Å². The summed E-state index contributed by atoms with van der Waals surface area (Å²) >= 11 is 1.86. The van der Waals surface area contributed by atoms with Crippen molar-refractivity contribution < 1.29 is 9.31 Å². The molecule has 0 amide bonds. The number of aromatic nitrogens is 1. The molecular weight excluding hydrogens is 395 g/mol. The molecule has 0 bridgehead atoms. The lowest BCUT2D eigenvalue weighted by molar-refractivity contribution is -0.384. The van der Waals surface area contributed by atoms with E-state index in [2.05, 4.69) is 20.5 Å². The van der Waals surface area contributed by atoms with E-state index in [9.17, 15) is 14.5 Å². The third-order valence-corrected chi connectivity index (χ3v) is 6.00. The van der Waals surface area contributed by atoms with E-state index in [4.69, 9.17) is 0 Å². The lowest BCUT2D eigenvalue weighted by Crippen LogP contribution is -2.43. The van der Waals surface area contributed by atoms with Gasteiger partial charge in [-0.05, 0) is 24.3 Å². The van der Waals surface area contributed by atoms with Crippen LogP contribution >= 0.6 is 11.8 Å². The Kier molecular flexibility index (Phi) is 6.00. The van der Waals surface area contributed by atoms with Crippen LogP contribution < -0.4 is 20.4 Å². The molecule has 2 aromatic rings. The molecular formula is C19H23FN6O2S. The van der Waals surface area contributed by atoms with Crippen molar-refractivity contribution in [1.82, 2.24) is 10.3 Å². The van der Waals surface area contributed by atoms with Crippen molar-refractivity contribution >= 4 is 40.5 Å². The molecule has 2 aliphatic rings. The molecule has 1 aromatic carbocycles. The number of nitrogens with zero attached hydrogens (tertiary/aromatic N) is 4. The monoisotopic (exact) mass is 418 g/mol. The van der Waals surface area contributed by atoms with Crippen LogP contribution in [0.1, 0.15) is 0 Å². The van der Waals surface area contributed by atoms with E-state index in [0.717, 1.165) is 50.8 Å². The minimum Gasteiger partial charge on any atom is -0.368 e. The van der Waals surface area contributed by atoms with Gasteiger partial charge in [-0.2, -0.15) is 11.8 Å². The Labute approximate surface area is 172 Å². The molecule has 0 radical (unpaired) electrons. The Balaban J connectivity index is 1.58. The molecule has 0 saturated carbocycles. The second kappa shape index (κ2) is 8.83. The fourth-order valence-electron chi connectivity index (χ4n) is 3.53. The molecule has 2 saturated heterocycles. The first-order valence-corrected chi connectivity index (χ1v) is 10.8. The molecule has 0 spiro atoms. The Morgan fingerprint density at radius 1 is 1.10 bits per heavy atom. The van der Waals surface area contributed by atoms with Crippen LogP contribution in [0.25, 0.3) is 0 Å². The summed E-state index contributed by atoms with van der Waals surface area (Å²) in [7, 11) is 0. The first-order chi connectivity index (χ1) is 14.1. The standard InChI is InChI=1S/C19H23FN6O2S/c20-15-13-14(1-2-16(15)24-9-11-29-12-10-24)22-19-17(26(27)28)3-4-18(23-19)25-7-5-21-6-8-25/h1-4,13,21H,5-12H2,(H,22,23). The fourth-order valence-corrected chi connectivity index (χ4v) is 4.44. The van der Waals surface area contributed by atoms with Gasteiger partial charge in [-0.3, -0.25) is 10.1 Å². The molecule has 8 nitrogen and oxygen atoms in total. The maximum absolute atomic E-state index is 14.7. The summed E-state index contributed by atoms with van der Waals surface area (Å²) < 4.78 is 14.7. The highest BCUT2D eigenvalue weighted by molar-refractivity contribution is 7.99. The second-order valence-corrected chi connectivity index (χ2v) is 8.15. The summed E-state index contributed by atoms with van der Waals surface area (Å²) in [5, 5.41) is 17.7. The quantitative estimate of drug-likeness (QED) is 0.566. The van der Waals surface area contributed by atoms with E-state index < -0.39 is 4.92 Å². The van der Waals surface area contributed by atoms with Crippen LogP contribution in [-0.4, -0.2) is 60.7 Å². The average molecular weight is 418 g/mol. The van der Waals surface area contributed by atoms with Crippen molar-refractivity contribution in [2.75, 3.05) is 65.9 Å². The van der Waals surface area contributed by atoms with Gasteiger partial charge in [-0.15, -0.1) is 0 Å². The largest absolute Gasteiger partial charge is 0.368 e. The van der Waals surface area contributed by atoms with E-state index in [1.807, 2.05) is 16.7 Å². The highest BCUT2D eigenvalue weighted by atomic mass is 32.2. The van der Waals surface area contributed by atoms with Gasteiger partial charge in [0.15, 0.2) is 0 Å². The smallest absolute Gasteiger partial charge is 0.311 e. The summed E-state index contributed by atoms with van der Waals surface area (Å²) in [6.45, 7) is 4.86. The van der Waals surface area contributed by atoms with Crippen LogP contribution in [0.15, 0.2) is 30.3 Å². The molecule has 154 valence electrons. The summed E-state index contributed by atoms with van der Waals surface area (Å²) in [6, 6.07) is 7.94. The molecule has 0 aliphatic carbocycles. The molecule has 2 fully saturated rings. The molecule has 2 aliphatic heterocycles. The van der Waals surface area contributed by atoms with Crippen LogP contribution in [0.2, 0.25) is 0 Å². The van der Waals surface area contributed by atoms with Crippen LogP contribution in [-0.2, 0) is 0 Å². The maximum atomic E-state index is 14.7. The van der Waals surface area contributed by atoms with Crippen molar-refractivity contribution in [1.29, 1.82) is 0 Å². The Morgan fingerprint density at radius 3 is 2.55 bits per heavy atom. The first-order valence-electron chi connectivity index (χ1n) is 9.62. The molecule has 10 heteroatoms. The highest BCUT2D eigenvalue weighted by Crippen LogP contribution is 2.31. The SMILES string of the molecule is O=[N+]([O-])c1ccc(N2CCNCC2)nc1Nc1ccc(N2CCSCC2)c(F)c1. The normalized spacial score (nSPS) is 17.3. The summed E-state index contributed by atoms with van der Waals surface area (Å²) in [5.74, 6) is 2.40. The lowest BCUT2D eigenvalue weighted by atomic mass is 10.2. The van der Waals surface area contributed by atoms with E-state index in [0.29, 0.717) is 17.2 Å². The number of nitro groups is 1. The van der Waals surface area contributed by atoms with Crippen molar-refractivity contribution in [3.63, 3.8) is 0 Å². The van der Waals surface area contributed by atoms with Gasteiger partial charge < -0.3 is 20.4 Å². The number of halogens is 1. The van der Waals surface area contributed by atoms with Gasteiger partial charge in [0.25, 0.3) is 0 Å². The van der Waals surface area contributed by atoms with Gasteiger partial charge in [0.2, 0.25) is 5.82 Å². The fraction of sp³-hybridized carbons (Fsp3) is 0.421. The van der Waals surface area contributed by atoms with E-state index in [1.165, 1.54) is 12.1 Å². The van der Waals surface area contributed by atoms with Crippen LogP contribution in [0, 0.1) is 15.9 Å². The van der Waals surface area contributed by atoms with Crippen LogP contribution in [0.4, 0.5) is 33.1 Å². The Hall–Kier alpha value is -2.59. The van der Waals surface area contributed by atoms with Crippen molar-refractivity contribution in [2.45, 2.75) is 0 Å². The Morgan fingerprint density at radius 2 is 1.86 bits per heavy atom. The molecule has 0 unspecified atom stereocenters. The lowest BCUT2D eigenvalue weighted by Gasteiger charge is -2.29. The van der Waals surface area contributed by atoms with Gasteiger partial charge >= 0.3 is 5.69 Å². The number of anilines is 4. The summed E-state index contributed by atoms with van der Waals surface area (Å²) in [5.41, 5.74) is 0.861. The minimum atomic E-state index is -0.479. The average Bonchev–Trinajstić information content (AvgIpc) is 2.75. The van der Waals surface area contributed by atoms with Gasteiger partial charge in [0.05, 0.1) is 10.6 Å². The van der Waals surface area contributed by atoms with Gasteiger partial charge in [0, 0.05) is 62.5 Å².